The zero-order valence-corrected chi connectivity index (χ0v) is 12.6. The maximum Gasteiger partial charge on any atom is 0.251 e. The van der Waals surface area contributed by atoms with Crippen LogP contribution < -0.4 is 11.1 Å². The summed E-state index contributed by atoms with van der Waals surface area (Å²) in [4.78, 5) is 11.9. The first-order chi connectivity index (χ1) is 8.54. The van der Waals surface area contributed by atoms with Crippen LogP contribution in [0.4, 0.5) is 5.69 Å². The van der Waals surface area contributed by atoms with Crippen LogP contribution in [0.15, 0.2) is 18.2 Å². The second kappa shape index (κ2) is 5.38. The molecule has 0 radical (unpaired) electrons. The van der Waals surface area contributed by atoms with E-state index in [1.165, 1.54) is 18.2 Å². The maximum absolute atomic E-state index is 11.9. The van der Waals surface area contributed by atoms with E-state index in [0.717, 1.165) is 6.26 Å². The molecule has 1 aromatic carbocycles. The first-order valence-electron chi connectivity index (χ1n) is 5.57. The third kappa shape index (κ3) is 3.84. The average molecular weight is 305 g/mol. The molecule has 1 rings (SSSR count). The molecule has 0 saturated carbocycles. The average Bonchev–Trinajstić information content (AvgIpc) is 2.28. The SMILES string of the molecule is CC(C)(CNC(=O)c1ccc(Cl)c(N)c1)S(C)(=O)=O. The zero-order valence-electron chi connectivity index (χ0n) is 11.0. The van der Waals surface area contributed by atoms with Gasteiger partial charge in [0, 0.05) is 18.4 Å². The molecule has 0 unspecified atom stereocenters. The van der Waals surface area contributed by atoms with Crippen molar-refractivity contribution in [3.63, 3.8) is 0 Å². The first-order valence-corrected chi connectivity index (χ1v) is 7.84. The van der Waals surface area contributed by atoms with Crippen molar-refractivity contribution >= 4 is 33.0 Å². The number of carbonyl (C=O) groups excluding carboxylic acids is 1. The molecule has 3 N–H and O–H groups in total. The number of nitrogen functional groups attached to an aromatic ring is 1. The number of nitrogens with one attached hydrogen (secondary N) is 1. The van der Waals surface area contributed by atoms with Crippen LogP contribution in [0.3, 0.4) is 0 Å². The lowest BCUT2D eigenvalue weighted by Gasteiger charge is -2.22. The lowest BCUT2D eigenvalue weighted by atomic mass is 10.1. The molecule has 7 heteroatoms. The Morgan fingerprint density at radius 2 is 2.00 bits per heavy atom. The van der Waals surface area contributed by atoms with Crippen molar-refractivity contribution in [3.05, 3.63) is 28.8 Å². The highest BCUT2D eigenvalue weighted by atomic mass is 35.5. The molecule has 0 atom stereocenters. The van der Waals surface area contributed by atoms with Gasteiger partial charge in [0.15, 0.2) is 9.84 Å². The number of amides is 1. The molecule has 0 aromatic heterocycles. The highest BCUT2D eigenvalue weighted by molar-refractivity contribution is 7.92. The summed E-state index contributed by atoms with van der Waals surface area (Å²) in [6.45, 7) is 3.13. The Hall–Kier alpha value is -1.27. The van der Waals surface area contributed by atoms with Crippen LogP contribution in [0.5, 0.6) is 0 Å². The number of benzene rings is 1. The highest BCUT2D eigenvalue weighted by Gasteiger charge is 2.30. The molecular weight excluding hydrogens is 288 g/mol. The number of rotatable bonds is 4. The van der Waals surface area contributed by atoms with E-state index in [1.807, 2.05) is 0 Å². The van der Waals surface area contributed by atoms with Gasteiger partial charge in [0.1, 0.15) is 0 Å². The Morgan fingerprint density at radius 1 is 1.42 bits per heavy atom. The quantitative estimate of drug-likeness (QED) is 0.824. The standard InChI is InChI=1S/C12H17ClN2O3S/c1-12(2,19(3,17)18)7-15-11(16)8-4-5-9(13)10(14)6-8/h4-6H,7,14H2,1-3H3,(H,15,16). The number of anilines is 1. The van der Waals surface area contributed by atoms with Crippen LogP contribution >= 0.6 is 11.6 Å². The van der Waals surface area contributed by atoms with E-state index < -0.39 is 14.6 Å². The molecule has 106 valence electrons. The summed E-state index contributed by atoms with van der Waals surface area (Å²) < 4.78 is 22.0. The van der Waals surface area contributed by atoms with Gasteiger partial charge >= 0.3 is 0 Å². The number of nitrogens with two attached hydrogens (primary N) is 1. The molecule has 0 bridgehead atoms. The maximum atomic E-state index is 11.9. The zero-order chi connectivity index (χ0) is 14.8. The summed E-state index contributed by atoms with van der Waals surface area (Å²) in [6, 6.07) is 4.50. The van der Waals surface area contributed by atoms with Gasteiger partial charge in [0.25, 0.3) is 5.91 Å². The molecule has 19 heavy (non-hydrogen) atoms. The predicted molar refractivity (Wildman–Crippen MR) is 77.1 cm³/mol. The predicted octanol–water partition coefficient (Wildman–Crippen LogP) is 1.48. The number of hydrogen-bond acceptors (Lipinski definition) is 4. The second-order valence-electron chi connectivity index (χ2n) is 4.95. The molecule has 0 fully saturated rings. The van der Waals surface area contributed by atoms with Crippen LogP contribution in [-0.2, 0) is 9.84 Å². The van der Waals surface area contributed by atoms with Crippen LogP contribution in [0, 0.1) is 0 Å². The van der Waals surface area contributed by atoms with Crippen molar-refractivity contribution < 1.29 is 13.2 Å². The highest BCUT2D eigenvalue weighted by Crippen LogP contribution is 2.19. The number of carbonyl (C=O) groups is 1. The number of hydrogen-bond donors (Lipinski definition) is 2. The molecule has 1 aromatic rings. The van der Waals surface area contributed by atoms with Gasteiger partial charge in [0.2, 0.25) is 0 Å². The summed E-state index contributed by atoms with van der Waals surface area (Å²) in [5.41, 5.74) is 6.24. The fraction of sp³-hybridized carbons (Fsp3) is 0.417. The molecular formula is C12H17ClN2O3S. The van der Waals surface area contributed by atoms with Crippen LogP contribution in [-0.4, -0.2) is 31.9 Å². The summed E-state index contributed by atoms with van der Waals surface area (Å²) in [5, 5.41) is 2.94. The molecule has 0 aliphatic rings. The summed E-state index contributed by atoms with van der Waals surface area (Å²) in [6.07, 6.45) is 1.14. The molecule has 0 saturated heterocycles. The van der Waals surface area contributed by atoms with Crippen LogP contribution in [0.2, 0.25) is 5.02 Å². The van der Waals surface area contributed by atoms with Gasteiger partial charge in [0.05, 0.1) is 15.5 Å². The van der Waals surface area contributed by atoms with Crippen molar-refractivity contribution in [2.45, 2.75) is 18.6 Å². The van der Waals surface area contributed by atoms with E-state index in [0.29, 0.717) is 16.3 Å². The lowest BCUT2D eigenvalue weighted by Crippen LogP contribution is -2.43. The Morgan fingerprint density at radius 3 is 2.47 bits per heavy atom. The number of sulfone groups is 1. The Bertz CT molecular complexity index is 597. The van der Waals surface area contributed by atoms with Gasteiger partial charge in [-0.3, -0.25) is 4.79 Å². The summed E-state index contributed by atoms with van der Waals surface area (Å²) in [7, 11) is -3.26. The second-order valence-corrected chi connectivity index (χ2v) is 8.01. The van der Waals surface area contributed by atoms with Gasteiger partial charge in [-0.15, -0.1) is 0 Å². The smallest absolute Gasteiger partial charge is 0.251 e. The molecule has 0 aliphatic heterocycles. The van der Waals surface area contributed by atoms with Gasteiger partial charge in [-0.05, 0) is 32.0 Å². The third-order valence-corrected chi connectivity index (χ3v) is 5.43. The normalized spacial score (nSPS) is 12.2. The minimum Gasteiger partial charge on any atom is -0.398 e. The van der Waals surface area contributed by atoms with Gasteiger partial charge in [-0.1, -0.05) is 11.6 Å². The van der Waals surface area contributed by atoms with Crippen molar-refractivity contribution in [3.8, 4) is 0 Å². The molecule has 0 aliphatic carbocycles. The Kier molecular flexibility index (Phi) is 4.47. The summed E-state index contributed by atoms with van der Waals surface area (Å²) >= 11 is 5.76. The van der Waals surface area contributed by atoms with Crippen LogP contribution in [0.1, 0.15) is 24.2 Å². The third-order valence-electron chi connectivity index (χ3n) is 2.94. The van der Waals surface area contributed by atoms with E-state index in [-0.39, 0.29) is 12.5 Å². The van der Waals surface area contributed by atoms with Crippen molar-refractivity contribution in [2.24, 2.45) is 0 Å². The largest absolute Gasteiger partial charge is 0.398 e. The lowest BCUT2D eigenvalue weighted by molar-refractivity contribution is 0.0950. The molecule has 0 spiro atoms. The number of halogens is 1. The first kappa shape index (κ1) is 15.8. The minimum atomic E-state index is -3.26. The molecule has 5 nitrogen and oxygen atoms in total. The van der Waals surface area contributed by atoms with Crippen LogP contribution in [0.25, 0.3) is 0 Å². The van der Waals surface area contributed by atoms with E-state index in [9.17, 15) is 13.2 Å². The Labute approximate surface area is 118 Å². The van der Waals surface area contributed by atoms with E-state index in [2.05, 4.69) is 5.32 Å². The van der Waals surface area contributed by atoms with Crippen molar-refractivity contribution in [2.75, 3.05) is 18.5 Å². The molecule has 1 amide bonds. The van der Waals surface area contributed by atoms with Gasteiger partial charge in [-0.2, -0.15) is 0 Å². The van der Waals surface area contributed by atoms with Gasteiger partial charge in [-0.25, -0.2) is 8.42 Å². The van der Waals surface area contributed by atoms with E-state index in [4.69, 9.17) is 17.3 Å². The topological polar surface area (TPSA) is 89.3 Å². The fourth-order valence-corrected chi connectivity index (χ4v) is 1.66. The van der Waals surface area contributed by atoms with Crippen molar-refractivity contribution in [1.82, 2.24) is 5.32 Å². The van der Waals surface area contributed by atoms with E-state index >= 15 is 0 Å². The fourth-order valence-electron chi connectivity index (χ4n) is 1.21. The van der Waals surface area contributed by atoms with E-state index in [1.54, 1.807) is 13.8 Å². The van der Waals surface area contributed by atoms with Gasteiger partial charge < -0.3 is 11.1 Å². The molecule has 0 heterocycles. The Balaban J connectivity index is 2.79. The monoisotopic (exact) mass is 304 g/mol. The minimum absolute atomic E-state index is 0.0210. The summed E-state index contributed by atoms with van der Waals surface area (Å²) in [5.74, 6) is -0.389. The van der Waals surface area contributed by atoms with Crippen molar-refractivity contribution in [1.29, 1.82) is 0 Å².